The van der Waals surface area contributed by atoms with Crippen molar-refractivity contribution in [3.63, 3.8) is 0 Å². The molecule has 1 aromatic carbocycles. The fraction of sp³-hybridized carbons (Fsp3) is 0.125. The summed E-state index contributed by atoms with van der Waals surface area (Å²) >= 11 is 3.15. The molecule has 0 amide bonds. The van der Waals surface area contributed by atoms with E-state index >= 15 is 0 Å². The maximum absolute atomic E-state index is 11.5. The van der Waals surface area contributed by atoms with Crippen molar-refractivity contribution in [3.8, 4) is 0 Å². The summed E-state index contributed by atoms with van der Waals surface area (Å²) in [5.41, 5.74) is 0.543. The van der Waals surface area contributed by atoms with Gasteiger partial charge in [-0.05, 0) is 5.56 Å². The second kappa shape index (κ2) is 3.49. The zero-order chi connectivity index (χ0) is 12.2. The predicted octanol–water partition coefficient (Wildman–Crippen LogP) is -2.55. The Morgan fingerprint density at radius 3 is 2.19 bits per heavy atom. The molecule has 0 bridgehead atoms. The average molecular weight is 262 g/mol. The first-order chi connectivity index (χ1) is 7.27. The Bertz CT molecular complexity index is 514. The maximum Gasteiger partial charge on any atom is 0.337 e. The Labute approximate surface area is 108 Å². The van der Waals surface area contributed by atoms with E-state index in [0.29, 0.717) is 4.47 Å². The third-order valence-electron chi connectivity index (χ3n) is 2.41. The van der Waals surface area contributed by atoms with Crippen LogP contribution in [0.1, 0.15) is 15.9 Å². The van der Waals surface area contributed by atoms with Crippen LogP contribution in [0.3, 0.4) is 0 Å². The highest BCUT2D eigenvalue weighted by Gasteiger charge is 2.39. The van der Waals surface area contributed by atoms with Crippen molar-refractivity contribution in [2.75, 3.05) is 0 Å². The highest BCUT2D eigenvalue weighted by Crippen LogP contribution is 2.29. The number of esters is 1. The van der Waals surface area contributed by atoms with E-state index in [1.165, 1.54) is 0 Å². The highest BCUT2D eigenvalue weighted by atomic mass is 79.9. The predicted molar refractivity (Wildman–Crippen MR) is 68.9 cm³/mol. The van der Waals surface area contributed by atoms with E-state index in [4.69, 9.17) is 44.0 Å². The van der Waals surface area contributed by atoms with Crippen molar-refractivity contribution >= 4 is 77.5 Å². The van der Waals surface area contributed by atoms with Crippen molar-refractivity contribution in [1.82, 2.24) is 0 Å². The lowest BCUT2D eigenvalue weighted by Gasteiger charge is -2.23. The molecule has 66 valence electrons. The van der Waals surface area contributed by atoms with Crippen LogP contribution in [0.15, 0.2) is 4.47 Å². The SMILES string of the molecule is [B]c1c([B])c2c(c([B])c1Br)C([B])([B])OC2=O. The molecule has 0 spiro atoms. The number of ether oxygens (including phenoxy) is 1. The van der Waals surface area contributed by atoms with Crippen LogP contribution in [0.2, 0.25) is 0 Å². The molecule has 0 N–H and O–H groups in total. The number of carbonyl (C=O) groups is 1. The van der Waals surface area contributed by atoms with Gasteiger partial charge in [-0.25, -0.2) is 4.79 Å². The van der Waals surface area contributed by atoms with Crippen LogP contribution in [-0.2, 0) is 10.1 Å². The topological polar surface area (TPSA) is 26.3 Å². The van der Waals surface area contributed by atoms with Gasteiger partial charge in [0.25, 0.3) is 0 Å². The number of halogens is 1. The standard InChI is InChI=1S/C8B5BrO2/c9-3-1-2(4(10)6(14)5(3)11)8(12,13)16-7(1)15. The lowest BCUT2D eigenvalue weighted by molar-refractivity contribution is 0.0447. The van der Waals surface area contributed by atoms with E-state index in [-0.39, 0.29) is 27.5 Å². The molecule has 1 aliphatic rings. The first-order valence-electron chi connectivity index (χ1n) is 4.24. The Morgan fingerprint density at radius 2 is 1.62 bits per heavy atom. The largest absolute Gasteiger partial charge is 0.471 e. The first-order valence-corrected chi connectivity index (χ1v) is 5.04. The van der Waals surface area contributed by atoms with E-state index in [0.717, 1.165) is 0 Å². The van der Waals surface area contributed by atoms with Crippen molar-refractivity contribution in [3.05, 3.63) is 15.6 Å². The summed E-state index contributed by atoms with van der Waals surface area (Å²) in [6.45, 7) is 0. The fourth-order valence-electron chi connectivity index (χ4n) is 1.65. The van der Waals surface area contributed by atoms with Gasteiger partial charge in [-0.3, -0.25) is 0 Å². The molecule has 0 unspecified atom stereocenters. The molecule has 0 aromatic heterocycles. The number of carbonyl (C=O) groups excluding carboxylic acids is 1. The first kappa shape index (κ1) is 12.0. The minimum absolute atomic E-state index is 0.0307. The van der Waals surface area contributed by atoms with Gasteiger partial charge >= 0.3 is 5.97 Å². The van der Waals surface area contributed by atoms with Crippen LogP contribution in [-0.4, -0.2) is 45.2 Å². The van der Waals surface area contributed by atoms with E-state index in [9.17, 15) is 4.79 Å². The van der Waals surface area contributed by atoms with E-state index < -0.39 is 11.4 Å². The Hall–Kier alpha value is -0.505. The molecule has 2 rings (SSSR count). The van der Waals surface area contributed by atoms with Crippen LogP contribution in [0.5, 0.6) is 0 Å². The van der Waals surface area contributed by atoms with Crippen molar-refractivity contribution in [2.24, 2.45) is 0 Å². The number of rotatable bonds is 0. The lowest BCUT2D eigenvalue weighted by Crippen LogP contribution is -2.40. The van der Waals surface area contributed by atoms with Crippen LogP contribution in [0.4, 0.5) is 0 Å². The highest BCUT2D eigenvalue weighted by molar-refractivity contribution is 9.10. The van der Waals surface area contributed by atoms with Crippen molar-refractivity contribution in [2.45, 2.75) is 5.40 Å². The van der Waals surface area contributed by atoms with E-state index in [2.05, 4.69) is 15.9 Å². The average Bonchev–Trinajstić information content (AvgIpc) is 2.42. The summed E-state index contributed by atoms with van der Waals surface area (Å²) in [5.74, 6) is -0.733. The summed E-state index contributed by atoms with van der Waals surface area (Å²) in [6, 6.07) is 0. The molecule has 0 aliphatic carbocycles. The number of benzene rings is 1. The Kier molecular flexibility index (Phi) is 2.61. The summed E-state index contributed by atoms with van der Waals surface area (Å²) < 4.78 is 5.12. The van der Waals surface area contributed by atoms with Gasteiger partial charge in [0.2, 0.25) is 0 Å². The second-order valence-corrected chi connectivity index (χ2v) is 4.28. The molecule has 0 fully saturated rings. The third-order valence-corrected chi connectivity index (χ3v) is 3.26. The molecule has 8 heteroatoms. The maximum atomic E-state index is 11.5. The van der Waals surface area contributed by atoms with E-state index in [1.54, 1.807) is 0 Å². The lowest BCUT2D eigenvalue weighted by atomic mass is 9.57. The fourth-order valence-corrected chi connectivity index (χ4v) is 2.06. The summed E-state index contributed by atoms with van der Waals surface area (Å²) in [4.78, 5) is 11.5. The van der Waals surface area contributed by atoms with Gasteiger partial charge in [-0.1, -0.05) is 32.3 Å². The third kappa shape index (κ3) is 1.42. The van der Waals surface area contributed by atoms with Gasteiger partial charge in [-0.15, -0.1) is 0 Å². The van der Waals surface area contributed by atoms with E-state index in [1.807, 2.05) is 0 Å². The van der Waals surface area contributed by atoms with Gasteiger partial charge in [-0.2, -0.15) is 0 Å². The summed E-state index contributed by atoms with van der Waals surface area (Å²) in [7, 11) is 28.3. The molecule has 10 radical (unpaired) electrons. The van der Waals surface area contributed by atoms with Crippen LogP contribution >= 0.6 is 15.9 Å². The molecule has 2 nitrogen and oxygen atoms in total. The number of fused-ring (bicyclic) bond motifs is 1. The van der Waals surface area contributed by atoms with Crippen LogP contribution in [0, 0.1) is 0 Å². The Morgan fingerprint density at radius 1 is 1.06 bits per heavy atom. The van der Waals surface area contributed by atoms with Gasteiger partial charge in [0.1, 0.15) is 39.2 Å². The smallest absolute Gasteiger partial charge is 0.337 e. The van der Waals surface area contributed by atoms with Gasteiger partial charge in [0.15, 0.2) is 0 Å². The Balaban J connectivity index is 2.91. The monoisotopic (exact) mass is 262 g/mol. The zero-order valence-corrected chi connectivity index (χ0v) is 9.67. The normalized spacial score (nSPS) is 16.9. The summed E-state index contributed by atoms with van der Waals surface area (Å²) in [5, 5.41) is -1.78. The second-order valence-electron chi connectivity index (χ2n) is 3.49. The molecular formula is C8B5BrO2. The molecule has 1 heterocycles. The quantitative estimate of drug-likeness (QED) is 0.380. The number of hydrogen-bond donors (Lipinski definition) is 0. The molecule has 0 saturated heterocycles. The number of hydrogen-bond acceptors (Lipinski definition) is 2. The zero-order valence-electron chi connectivity index (χ0n) is 8.08. The number of cyclic esters (lactones) is 1. The van der Waals surface area contributed by atoms with Crippen molar-refractivity contribution in [1.29, 1.82) is 0 Å². The minimum atomic E-state index is -1.78. The molecule has 0 atom stereocenters. The van der Waals surface area contributed by atoms with Gasteiger partial charge < -0.3 is 4.74 Å². The molecule has 1 aliphatic heterocycles. The molecule has 1 aromatic rings. The van der Waals surface area contributed by atoms with Gasteiger partial charge in [0, 0.05) is 4.47 Å². The molecule has 0 saturated carbocycles. The van der Waals surface area contributed by atoms with Crippen LogP contribution in [0.25, 0.3) is 0 Å². The van der Waals surface area contributed by atoms with Crippen molar-refractivity contribution < 1.29 is 9.53 Å². The molecule has 16 heavy (non-hydrogen) atoms. The minimum Gasteiger partial charge on any atom is -0.471 e. The summed E-state index contributed by atoms with van der Waals surface area (Å²) in [6.07, 6.45) is 0. The van der Waals surface area contributed by atoms with Crippen LogP contribution < -0.4 is 16.4 Å². The molecular weight excluding hydrogens is 262 g/mol. The van der Waals surface area contributed by atoms with Gasteiger partial charge in [0.05, 0.1) is 11.0 Å².